The summed E-state index contributed by atoms with van der Waals surface area (Å²) < 4.78 is 10.5. The average Bonchev–Trinajstić information content (AvgIpc) is 3.34. The number of pyridine rings is 1. The lowest BCUT2D eigenvalue weighted by Crippen LogP contribution is -2.12. The minimum Gasteiger partial charge on any atom is -0.459 e. The number of amides is 1. The van der Waals surface area contributed by atoms with Gasteiger partial charge in [0, 0.05) is 23.5 Å². The van der Waals surface area contributed by atoms with E-state index < -0.39 is 0 Å². The number of rotatable bonds is 4. The smallest absolute Gasteiger partial charge is 0.322 e. The van der Waals surface area contributed by atoms with E-state index in [2.05, 4.69) is 20.5 Å². The maximum atomic E-state index is 12.4. The standard InChI is InChI=1S/C18H12N4O3/c23-16(20-18-22-21-17(25-18)15-7-3-9-24-15)13-5-1-4-12(10-13)14-6-2-8-19-11-14/h1-11H,(H,20,22,23). The quantitative estimate of drug-likeness (QED) is 0.613. The molecule has 0 aliphatic carbocycles. The predicted octanol–water partition coefficient (Wildman–Crippen LogP) is 3.64. The first kappa shape index (κ1) is 14.8. The third-order valence-corrected chi connectivity index (χ3v) is 3.50. The fourth-order valence-corrected chi connectivity index (χ4v) is 2.32. The Morgan fingerprint density at radius 1 is 1.00 bits per heavy atom. The van der Waals surface area contributed by atoms with Crippen molar-refractivity contribution in [3.63, 3.8) is 0 Å². The zero-order valence-electron chi connectivity index (χ0n) is 12.9. The summed E-state index contributed by atoms with van der Waals surface area (Å²) in [6.45, 7) is 0. The Morgan fingerprint density at radius 3 is 2.72 bits per heavy atom. The van der Waals surface area contributed by atoms with Gasteiger partial charge in [-0.3, -0.25) is 15.1 Å². The van der Waals surface area contributed by atoms with E-state index in [9.17, 15) is 4.79 Å². The number of carbonyl (C=O) groups excluding carboxylic acids is 1. The largest absolute Gasteiger partial charge is 0.459 e. The van der Waals surface area contributed by atoms with Gasteiger partial charge in [-0.1, -0.05) is 23.3 Å². The number of aromatic nitrogens is 3. The molecule has 0 saturated heterocycles. The minimum atomic E-state index is -0.347. The van der Waals surface area contributed by atoms with Crippen molar-refractivity contribution in [3.05, 3.63) is 72.8 Å². The van der Waals surface area contributed by atoms with Crippen LogP contribution in [0.4, 0.5) is 6.01 Å². The molecule has 0 unspecified atom stereocenters. The Labute approximate surface area is 142 Å². The zero-order chi connectivity index (χ0) is 17.1. The highest BCUT2D eigenvalue weighted by Gasteiger charge is 2.14. The average molecular weight is 332 g/mol. The van der Waals surface area contributed by atoms with Crippen LogP contribution in [-0.2, 0) is 0 Å². The van der Waals surface area contributed by atoms with Crippen molar-refractivity contribution in [2.24, 2.45) is 0 Å². The van der Waals surface area contributed by atoms with Crippen LogP contribution in [0.25, 0.3) is 22.8 Å². The van der Waals surface area contributed by atoms with Gasteiger partial charge in [0.25, 0.3) is 11.8 Å². The van der Waals surface area contributed by atoms with E-state index in [0.717, 1.165) is 11.1 Å². The summed E-state index contributed by atoms with van der Waals surface area (Å²) in [4.78, 5) is 16.5. The van der Waals surface area contributed by atoms with Crippen molar-refractivity contribution in [2.45, 2.75) is 0 Å². The van der Waals surface area contributed by atoms with Crippen LogP contribution in [0.3, 0.4) is 0 Å². The number of nitrogens with zero attached hydrogens (tertiary/aromatic N) is 3. The van der Waals surface area contributed by atoms with Gasteiger partial charge in [-0.2, -0.15) is 0 Å². The molecule has 7 heteroatoms. The molecular weight excluding hydrogens is 320 g/mol. The number of nitrogens with one attached hydrogen (secondary N) is 1. The summed E-state index contributed by atoms with van der Waals surface area (Å²) in [6.07, 6.45) is 4.94. The molecule has 3 heterocycles. The molecule has 0 saturated carbocycles. The number of benzene rings is 1. The molecule has 0 fully saturated rings. The highest BCUT2D eigenvalue weighted by Crippen LogP contribution is 2.22. The number of furan rings is 1. The van der Waals surface area contributed by atoms with Gasteiger partial charge in [-0.05, 0) is 35.9 Å². The molecule has 0 bridgehead atoms. The Bertz CT molecular complexity index is 994. The van der Waals surface area contributed by atoms with Crippen LogP contribution < -0.4 is 5.32 Å². The fourth-order valence-electron chi connectivity index (χ4n) is 2.32. The first-order valence-corrected chi connectivity index (χ1v) is 7.49. The Balaban J connectivity index is 1.54. The summed E-state index contributed by atoms with van der Waals surface area (Å²) in [7, 11) is 0. The van der Waals surface area contributed by atoms with Crippen molar-refractivity contribution in [1.82, 2.24) is 15.2 Å². The van der Waals surface area contributed by atoms with Crippen molar-refractivity contribution in [3.8, 4) is 22.8 Å². The second kappa shape index (κ2) is 6.40. The van der Waals surface area contributed by atoms with E-state index in [-0.39, 0.29) is 17.8 Å². The number of hydrogen-bond donors (Lipinski definition) is 1. The zero-order valence-corrected chi connectivity index (χ0v) is 12.9. The van der Waals surface area contributed by atoms with E-state index in [1.165, 1.54) is 6.26 Å². The highest BCUT2D eigenvalue weighted by molar-refractivity contribution is 6.03. The first-order chi connectivity index (χ1) is 12.3. The van der Waals surface area contributed by atoms with Gasteiger partial charge in [-0.25, -0.2) is 0 Å². The van der Waals surface area contributed by atoms with Gasteiger partial charge in [-0.15, -0.1) is 5.10 Å². The number of anilines is 1. The maximum absolute atomic E-state index is 12.4. The predicted molar refractivity (Wildman–Crippen MR) is 89.6 cm³/mol. The monoisotopic (exact) mass is 332 g/mol. The lowest BCUT2D eigenvalue weighted by Gasteiger charge is -2.04. The molecule has 3 aromatic heterocycles. The molecule has 1 amide bonds. The van der Waals surface area contributed by atoms with Crippen LogP contribution in [0.5, 0.6) is 0 Å². The molecule has 0 aliphatic rings. The van der Waals surface area contributed by atoms with Crippen molar-refractivity contribution in [2.75, 3.05) is 5.32 Å². The fraction of sp³-hybridized carbons (Fsp3) is 0. The molecule has 122 valence electrons. The summed E-state index contributed by atoms with van der Waals surface area (Å²) in [5, 5.41) is 10.2. The van der Waals surface area contributed by atoms with E-state index in [4.69, 9.17) is 8.83 Å². The van der Waals surface area contributed by atoms with Crippen LogP contribution in [0.2, 0.25) is 0 Å². The Morgan fingerprint density at radius 2 is 1.92 bits per heavy atom. The Kier molecular flexibility index (Phi) is 3.80. The molecule has 25 heavy (non-hydrogen) atoms. The molecule has 0 spiro atoms. The van der Waals surface area contributed by atoms with Gasteiger partial charge in [0.1, 0.15) is 0 Å². The van der Waals surface area contributed by atoms with Gasteiger partial charge < -0.3 is 8.83 Å². The van der Waals surface area contributed by atoms with Crippen LogP contribution in [-0.4, -0.2) is 21.1 Å². The maximum Gasteiger partial charge on any atom is 0.322 e. The van der Waals surface area contributed by atoms with Crippen LogP contribution >= 0.6 is 0 Å². The van der Waals surface area contributed by atoms with Crippen LogP contribution in [0.1, 0.15) is 10.4 Å². The second-order valence-electron chi connectivity index (χ2n) is 5.17. The summed E-state index contributed by atoms with van der Waals surface area (Å²) in [6, 6.07) is 14.4. The van der Waals surface area contributed by atoms with E-state index in [0.29, 0.717) is 11.3 Å². The second-order valence-corrected chi connectivity index (χ2v) is 5.17. The molecule has 4 rings (SSSR count). The summed E-state index contributed by atoms with van der Waals surface area (Å²) >= 11 is 0. The number of hydrogen-bond acceptors (Lipinski definition) is 6. The van der Waals surface area contributed by atoms with E-state index in [1.54, 1.807) is 42.7 Å². The van der Waals surface area contributed by atoms with E-state index >= 15 is 0 Å². The lowest BCUT2D eigenvalue weighted by atomic mass is 10.0. The summed E-state index contributed by atoms with van der Waals surface area (Å²) in [5.41, 5.74) is 2.29. The minimum absolute atomic E-state index is 0.00295. The highest BCUT2D eigenvalue weighted by atomic mass is 16.4. The molecule has 0 atom stereocenters. The van der Waals surface area contributed by atoms with Crippen molar-refractivity contribution in [1.29, 1.82) is 0 Å². The first-order valence-electron chi connectivity index (χ1n) is 7.49. The van der Waals surface area contributed by atoms with Crippen molar-refractivity contribution < 1.29 is 13.6 Å². The van der Waals surface area contributed by atoms with Crippen molar-refractivity contribution >= 4 is 11.9 Å². The third kappa shape index (κ3) is 3.16. The van der Waals surface area contributed by atoms with Gasteiger partial charge in [0.2, 0.25) is 0 Å². The number of carbonyl (C=O) groups is 1. The normalized spacial score (nSPS) is 10.6. The SMILES string of the molecule is O=C(Nc1nnc(-c2ccco2)o1)c1cccc(-c2cccnc2)c1. The van der Waals surface area contributed by atoms with Crippen LogP contribution in [0.15, 0.2) is 76.0 Å². The topological polar surface area (TPSA) is 94.1 Å². The molecule has 0 radical (unpaired) electrons. The Hall–Kier alpha value is -3.74. The van der Waals surface area contributed by atoms with Gasteiger partial charge >= 0.3 is 6.01 Å². The van der Waals surface area contributed by atoms with E-state index in [1.807, 2.05) is 18.2 Å². The summed E-state index contributed by atoms with van der Waals surface area (Å²) in [5.74, 6) is 0.288. The lowest BCUT2D eigenvalue weighted by molar-refractivity contribution is 0.102. The third-order valence-electron chi connectivity index (χ3n) is 3.50. The molecule has 0 aliphatic heterocycles. The van der Waals surface area contributed by atoms with Gasteiger partial charge in [0.05, 0.1) is 6.26 Å². The molecule has 4 aromatic rings. The molecule has 1 N–H and O–H groups in total. The van der Waals surface area contributed by atoms with Gasteiger partial charge in [0.15, 0.2) is 5.76 Å². The molecule has 7 nitrogen and oxygen atoms in total. The molecular formula is C18H12N4O3. The van der Waals surface area contributed by atoms with Crippen LogP contribution in [0, 0.1) is 0 Å². The molecule has 1 aromatic carbocycles.